The Bertz CT molecular complexity index is 323. The molecule has 1 aromatic rings. The average Bonchev–Trinajstić information content (AvgIpc) is 2.39. The summed E-state index contributed by atoms with van der Waals surface area (Å²) in [5.41, 5.74) is 0.857. The molecule has 0 atom stereocenters. The van der Waals surface area contributed by atoms with E-state index in [9.17, 15) is 0 Å². The van der Waals surface area contributed by atoms with Gasteiger partial charge in [0.25, 0.3) is 0 Å². The Morgan fingerprint density at radius 3 is 2.83 bits per heavy atom. The molecule has 0 radical (unpaired) electrons. The minimum Gasteiger partial charge on any atom is -0.474 e. The van der Waals surface area contributed by atoms with E-state index < -0.39 is 0 Å². The van der Waals surface area contributed by atoms with E-state index >= 15 is 0 Å². The second-order valence-corrected chi connectivity index (χ2v) is 3.69. The zero-order valence-electron chi connectivity index (χ0n) is 11.0. The van der Waals surface area contributed by atoms with Crippen molar-refractivity contribution < 1.29 is 14.2 Å². The second kappa shape index (κ2) is 9.76. The lowest BCUT2D eigenvalue weighted by atomic mass is 10.4. The summed E-state index contributed by atoms with van der Waals surface area (Å²) in [5, 5.41) is 3.01. The molecule has 0 aliphatic heterocycles. The lowest BCUT2D eigenvalue weighted by molar-refractivity contribution is 0.0794. The van der Waals surface area contributed by atoms with Crippen LogP contribution < -0.4 is 10.1 Å². The van der Waals surface area contributed by atoms with Crippen LogP contribution in [0, 0.1) is 0 Å². The van der Waals surface area contributed by atoms with Crippen molar-refractivity contribution in [3.8, 4) is 5.88 Å². The van der Waals surface area contributed by atoms with Gasteiger partial charge in [0.1, 0.15) is 6.61 Å². The lowest BCUT2D eigenvalue weighted by Crippen LogP contribution is -2.11. The van der Waals surface area contributed by atoms with Gasteiger partial charge in [0, 0.05) is 33.1 Å². The van der Waals surface area contributed by atoms with Crippen LogP contribution in [0.1, 0.15) is 12.1 Å². The summed E-state index contributed by atoms with van der Waals surface area (Å²) in [6, 6.07) is 0. The molecule has 0 aliphatic rings. The maximum Gasteiger partial charge on any atom is 0.232 e. The van der Waals surface area contributed by atoms with Crippen LogP contribution in [-0.2, 0) is 16.0 Å². The van der Waals surface area contributed by atoms with Gasteiger partial charge >= 0.3 is 0 Å². The molecular formula is C12H21N3O3. The Kier molecular flexibility index (Phi) is 8.03. The lowest BCUT2D eigenvalue weighted by Gasteiger charge is -2.07. The Morgan fingerprint density at radius 1 is 1.17 bits per heavy atom. The molecule has 1 rings (SSSR count). The van der Waals surface area contributed by atoms with Gasteiger partial charge < -0.3 is 19.5 Å². The van der Waals surface area contributed by atoms with Crippen molar-refractivity contribution in [2.75, 3.05) is 40.6 Å². The highest BCUT2D eigenvalue weighted by atomic mass is 16.5. The summed E-state index contributed by atoms with van der Waals surface area (Å²) in [6.45, 7) is 3.10. The van der Waals surface area contributed by atoms with E-state index in [2.05, 4.69) is 15.3 Å². The number of aromatic nitrogens is 2. The minimum atomic E-state index is 0.477. The zero-order chi connectivity index (χ0) is 13.1. The molecule has 0 aromatic carbocycles. The second-order valence-electron chi connectivity index (χ2n) is 3.69. The van der Waals surface area contributed by atoms with E-state index in [1.165, 1.54) is 0 Å². The maximum absolute atomic E-state index is 5.44. The first-order chi connectivity index (χ1) is 8.86. The number of ether oxygens (including phenoxy) is 3. The molecule has 0 fully saturated rings. The Balaban J connectivity index is 2.13. The van der Waals surface area contributed by atoms with Crippen LogP contribution in [0.5, 0.6) is 5.88 Å². The van der Waals surface area contributed by atoms with E-state index in [4.69, 9.17) is 14.2 Å². The number of nitrogens with one attached hydrogen (secondary N) is 1. The number of nitrogens with zero attached hydrogens (tertiary/aromatic N) is 2. The predicted octanol–water partition coefficient (Wildman–Crippen LogP) is 0.628. The predicted molar refractivity (Wildman–Crippen MR) is 67.6 cm³/mol. The van der Waals surface area contributed by atoms with Gasteiger partial charge in [-0.25, -0.2) is 4.98 Å². The van der Waals surface area contributed by atoms with Crippen molar-refractivity contribution >= 4 is 0 Å². The molecule has 1 aromatic heterocycles. The molecule has 6 heteroatoms. The van der Waals surface area contributed by atoms with Crippen molar-refractivity contribution in [1.82, 2.24) is 15.3 Å². The molecule has 18 heavy (non-hydrogen) atoms. The van der Waals surface area contributed by atoms with Crippen LogP contribution in [0.3, 0.4) is 0 Å². The maximum atomic E-state index is 5.44. The molecule has 0 aliphatic carbocycles. The van der Waals surface area contributed by atoms with Crippen LogP contribution in [0.2, 0.25) is 0 Å². The van der Waals surface area contributed by atoms with Crippen LogP contribution >= 0.6 is 0 Å². The Morgan fingerprint density at radius 2 is 2.06 bits per heavy atom. The molecule has 1 heterocycles. The van der Waals surface area contributed by atoms with E-state index in [0.717, 1.165) is 18.7 Å². The summed E-state index contributed by atoms with van der Waals surface area (Å²) in [5.74, 6) is 0.531. The summed E-state index contributed by atoms with van der Waals surface area (Å²) in [4.78, 5) is 8.34. The van der Waals surface area contributed by atoms with Crippen molar-refractivity contribution in [2.45, 2.75) is 13.0 Å². The van der Waals surface area contributed by atoms with E-state index in [1.54, 1.807) is 19.5 Å². The summed E-state index contributed by atoms with van der Waals surface area (Å²) in [7, 11) is 3.54. The number of hydrogen-bond donors (Lipinski definition) is 1. The first kappa shape index (κ1) is 14.8. The van der Waals surface area contributed by atoms with Gasteiger partial charge in [0.05, 0.1) is 18.5 Å². The van der Waals surface area contributed by atoms with Crippen LogP contribution in [0.15, 0.2) is 12.4 Å². The average molecular weight is 255 g/mol. The first-order valence-electron chi connectivity index (χ1n) is 6.02. The van der Waals surface area contributed by atoms with E-state index in [-0.39, 0.29) is 0 Å². The third-order valence-corrected chi connectivity index (χ3v) is 2.13. The SMILES string of the molecule is CNCc1cncc(OCCOCCCOC)n1. The molecular weight excluding hydrogens is 234 g/mol. The highest BCUT2D eigenvalue weighted by molar-refractivity contribution is 5.08. The van der Waals surface area contributed by atoms with Gasteiger partial charge in [-0.3, -0.25) is 4.98 Å². The molecule has 0 bridgehead atoms. The third-order valence-electron chi connectivity index (χ3n) is 2.13. The van der Waals surface area contributed by atoms with Gasteiger partial charge in [0.2, 0.25) is 5.88 Å². The fourth-order valence-electron chi connectivity index (χ4n) is 1.33. The van der Waals surface area contributed by atoms with Crippen molar-refractivity contribution in [2.24, 2.45) is 0 Å². The topological polar surface area (TPSA) is 65.5 Å². The van der Waals surface area contributed by atoms with Gasteiger partial charge in [-0.1, -0.05) is 0 Å². The molecule has 6 nitrogen and oxygen atoms in total. The van der Waals surface area contributed by atoms with Crippen LogP contribution in [0.4, 0.5) is 0 Å². The number of rotatable bonds is 10. The number of methoxy groups -OCH3 is 1. The summed E-state index contributed by atoms with van der Waals surface area (Å²) in [6.07, 6.45) is 4.21. The summed E-state index contributed by atoms with van der Waals surface area (Å²) < 4.78 is 15.7. The van der Waals surface area contributed by atoms with Gasteiger partial charge in [0.15, 0.2) is 0 Å². The Hall–Kier alpha value is -1.24. The van der Waals surface area contributed by atoms with Crippen molar-refractivity contribution in [1.29, 1.82) is 0 Å². The fourth-order valence-corrected chi connectivity index (χ4v) is 1.33. The minimum absolute atomic E-state index is 0.477. The van der Waals surface area contributed by atoms with Crippen LogP contribution in [-0.4, -0.2) is 50.6 Å². The quantitative estimate of drug-likeness (QED) is 0.619. The molecule has 0 saturated carbocycles. The molecule has 1 N–H and O–H groups in total. The van der Waals surface area contributed by atoms with Crippen molar-refractivity contribution in [3.05, 3.63) is 18.1 Å². The summed E-state index contributed by atoms with van der Waals surface area (Å²) >= 11 is 0. The highest BCUT2D eigenvalue weighted by Gasteiger charge is 1.99. The van der Waals surface area contributed by atoms with Crippen molar-refractivity contribution in [3.63, 3.8) is 0 Å². The smallest absolute Gasteiger partial charge is 0.232 e. The molecule has 102 valence electrons. The first-order valence-corrected chi connectivity index (χ1v) is 6.02. The monoisotopic (exact) mass is 255 g/mol. The van der Waals surface area contributed by atoms with E-state index in [0.29, 0.717) is 32.2 Å². The largest absolute Gasteiger partial charge is 0.474 e. The molecule has 0 spiro atoms. The highest BCUT2D eigenvalue weighted by Crippen LogP contribution is 2.04. The normalized spacial score (nSPS) is 10.6. The number of hydrogen-bond acceptors (Lipinski definition) is 6. The fraction of sp³-hybridized carbons (Fsp3) is 0.667. The Labute approximate surface area is 108 Å². The molecule has 0 saturated heterocycles. The standard InChI is InChI=1S/C12H21N3O3/c1-13-8-11-9-14-10-12(15-11)18-7-6-17-5-3-4-16-2/h9-10,13H,3-8H2,1-2H3. The zero-order valence-corrected chi connectivity index (χ0v) is 11.0. The van der Waals surface area contributed by atoms with Gasteiger partial charge in [-0.15, -0.1) is 0 Å². The van der Waals surface area contributed by atoms with E-state index in [1.807, 2.05) is 7.05 Å². The third kappa shape index (κ3) is 6.48. The van der Waals surface area contributed by atoms with Crippen LogP contribution in [0.25, 0.3) is 0 Å². The molecule has 0 amide bonds. The molecule has 0 unspecified atom stereocenters. The van der Waals surface area contributed by atoms with Gasteiger partial charge in [-0.2, -0.15) is 0 Å². The van der Waals surface area contributed by atoms with Gasteiger partial charge in [-0.05, 0) is 13.5 Å².